The normalized spacial score (nSPS) is 16.5. The van der Waals surface area contributed by atoms with Gasteiger partial charge in [0.1, 0.15) is 17.8 Å². The molecule has 1 aliphatic rings. The lowest BCUT2D eigenvalue weighted by atomic mass is 9.96. The number of urea groups is 1. The van der Waals surface area contributed by atoms with Gasteiger partial charge in [0, 0.05) is 29.6 Å². The topological polar surface area (TPSA) is 93.9 Å². The molecule has 2 heterocycles. The maximum atomic E-state index is 12.9. The molecule has 1 N–H and O–H groups in total. The van der Waals surface area contributed by atoms with Crippen molar-refractivity contribution >= 4 is 28.6 Å². The molecule has 2 amide bonds. The molecule has 2 atom stereocenters. The first-order chi connectivity index (χ1) is 22.4. The first-order valence-electron chi connectivity index (χ1n) is 15.3. The number of nitrogens with one attached hydrogen (secondary N) is 1. The van der Waals surface area contributed by atoms with Gasteiger partial charge in [-0.05, 0) is 78.8 Å². The van der Waals surface area contributed by atoms with Crippen LogP contribution in [0, 0.1) is 0 Å². The standard InChI is InChI=1S/C34H37F3N6O3S/c1-21(2)29-18-28(45-5)14-15-30(29)43-23(4)19-47-33(43)40-32(44)38-17-16-22(3)24-6-8-25(9-7-24)31-39-20-42(41-31)26-10-12-27(13-11-26)46-34(35,36)37/h6-15,18,20-23H,16-17,19H2,1-5H3,(H,38,44). The van der Waals surface area contributed by atoms with E-state index in [-0.39, 0.29) is 29.7 Å². The second kappa shape index (κ2) is 14.5. The van der Waals surface area contributed by atoms with Gasteiger partial charge < -0.3 is 19.7 Å². The van der Waals surface area contributed by atoms with Gasteiger partial charge in [0.15, 0.2) is 11.0 Å². The van der Waals surface area contributed by atoms with E-state index in [2.05, 4.69) is 57.7 Å². The van der Waals surface area contributed by atoms with Gasteiger partial charge >= 0.3 is 12.4 Å². The van der Waals surface area contributed by atoms with Crippen molar-refractivity contribution < 1.29 is 27.4 Å². The Hall–Kier alpha value is -4.52. The molecule has 0 saturated carbocycles. The molecule has 47 heavy (non-hydrogen) atoms. The summed E-state index contributed by atoms with van der Waals surface area (Å²) in [4.78, 5) is 23.8. The second-order valence-corrected chi connectivity index (χ2v) is 12.6. The average Bonchev–Trinajstić information content (AvgIpc) is 3.67. The van der Waals surface area contributed by atoms with Crippen LogP contribution in [0.4, 0.5) is 23.7 Å². The lowest BCUT2D eigenvalue weighted by molar-refractivity contribution is -0.274. The number of anilines is 1. The third-order valence-corrected chi connectivity index (χ3v) is 9.03. The fourth-order valence-electron chi connectivity index (χ4n) is 5.27. The molecule has 5 rings (SSSR count). The zero-order chi connectivity index (χ0) is 33.7. The highest BCUT2D eigenvalue weighted by atomic mass is 32.2. The molecule has 3 aromatic carbocycles. The summed E-state index contributed by atoms with van der Waals surface area (Å²) in [7, 11) is 1.66. The Kier molecular flexibility index (Phi) is 10.4. The zero-order valence-corrected chi connectivity index (χ0v) is 27.6. The minimum Gasteiger partial charge on any atom is -0.497 e. The number of rotatable bonds is 10. The van der Waals surface area contributed by atoms with E-state index in [1.807, 2.05) is 42.5 Å². The fourth-order valence-corrected chi connectivity index (χ4v) is 6.37. The van der Waals surface area contributed by atoms with E-state index in [4.69, 9.17) is 4.74 Å². The van der Waals surface area contributed by atoms with E-state index in [1.165, 1.54) is 35.3 Å². The minimum atomic E-state index is -4.75. The number of aliphatic imine (C=N–C) groups is 1. The van der Waals surface area contributed by atoms with Gasteiger partial charge in [-0.15, -0.1) is 18.3 Å². The van der Waals surface area contributed by atoms with Crippen LogP contribution in [0.5, 0.6) is 11.5 Å². The van der Waals surface area contributed by atoms with Crippen molar-refractivity contribution in [2.24, 2.45) is 4.99 Å². The molecule has 0 spiro atoms. The van der Waals surface area contributed by atoms with Gasteiger partial charge in [-0.25, -0.2) is 14.5 Å². The van der Waals surface area contributed by atoms with Gasteiger partial charge in [-0.3, -0.25) is 0 Å². The highest BCUT2D eigenvalue weighted by Crippen LogP contribution is 2.37. The first kappa shape index (κ1) is 33.8. The molecule has 1 aromatic heterocycles. The van der Waals surface area contributed by atoms with E-state index < -0.39 is 6.36 Å². The SMILES string of the molecule is COc1ccc(N2C(=NC(=O)NCCC(C)c3ccc(-c4ncn(-c5ccc(OC(F)(F)F)cc5)n4)cc3)SCC2C)c(C(C)C)c1. The second-order valence-electron chi connectivity index (χ2n) is 11.6. The van der Waals surface area contributed by atoms with Crippen LogP contribution in [-0.2, 0) is 0 Å². The molecule has 1 saturated heterocycles. The number of nitrogens with zero attached hydrogens (tertiary/aromatic N) is 5. The smallest absolute Gasteiger partial charge is 0.497 e. The quantitative estimate of drug-likeness (QED) is 0.183. The lowest BCUT2D eigenvalue weighted by Crippen LogP contribution is -2.34. The molecule has 2 unspecified atom stereocenters. The molecule has 0 radical (unpaired) electrons. The average molecular weight is 667 g/mol. The number of halogens is 3. The molecule has 0 bridgehead atoms. The van der Waals surface area contributed by atoms with Crippen LogP contribution < -0.4 is 19.7 Å². The van der Waals surface area contributed by atoms with Gasteiger partial charge in [0.25, 0.3) is 0 Å². The van der Waals surface area contributed by atoms with Crippen LogP contribution in [0.3, 0.4) is 0 Å². The third kappa shape index (κ3) is 8.45. The zero-order valence-electron chi connectivity index (χ0n) is 26.8. The van der Waals surface area contributed by atoms with E-state index in [0.717, 1.165) is 40.3 Å². The van der Waals surface area contributed by atoms with Crippen molar-refractivity contribution in [3.63, 3.8) is 0 Å². The molecule has 9 nitrogen and oxygen atoms in total. The summed E-state index contributed by atoms with van der Waals surface area (Å²) < 4.78 is 48.2. The van der Waals surface area contributed by atoms with Crippen LogP contribution in [0.15, 0.2) is 78.0 Å². The number of thioether (sulfide) groups is 1. The van der Waals surface area contributed by atoms with Crippen molar-refractivity contribution in [1.29, 1.82) is 0 Å². The minimum absolute atomic E-state index is 0.172. The molecule has 0 aliphatic carbocycles. The van der Waals surface area contributed by atoms with Crippen molar-refractivity contribution in [2.45, 2.75) is 58.4 Å². The molecular formula is C34H37F3N6O3S. The van der Waals surface area contributed by atoms with E-state index >= 15 is 0 Å². The number of benzene rings is 3. The summed E-state index contributed by atoms with van der Waals surface area (Å²) in [5.41, 5.74) is 4.62. The Bertz CT molecular complexity index is 1710. The van der Waals surface area contributed by atoms with Crippen LogP contribution in [0.25, 0.3) is 17.1 Å². The number of carbonyl (C=O) groups excluding carboxylic acids is 1. The Labute approximate surface area is 276 Å². The third-order valence-electron chi connectivity index (χ3n) is 7.83. The number of amides is 2. The number of hydrogen-bond donors (Lipinski definition) is 1. The number of carbonyl (C=O) groups is 1. The van der Waals surface area contributed by atoms with Crippen molar-refractivity contribution in [3.05, 3.63) is 84.2 Å². The molecule has 248 valence electrons. The number of aromatic nitrogens is 3. The Morgan fingerprint density at radius 2 is 1.77 bits per heavy atom. The highest BCUT2D eigenvalue weighted by Gasteiger charge is 2.32. The molecule has 1 aliphatic heterocycles. The van der Waals surface area contributed by atoms with Crippen molar-refractivity contribution in [2.75, 3.05) is 24.3 Å². The lowest BCUT2D eigenvalue weighted by Gasteiger charge is -2.27. The molecular weight excluding hydrogens is 629 g/mol. The predicted molar refractivity (Wildman–Crippen MR) is 179 cm³/mol. The van der Waals surface area contributed by atoms with E-state index in [9.17, 15) is 18.0 Å². The van der Waals surface area contributed by atoms with Crippen molar-refractivity contribution in [1.82, 2.24) is 20.1 Å². The van der Waals surface area contributed by atoms with Gasteiger partial charge in [-0.1, -0.05) is 56.8 Å². The summed E-state index contributed by atoms with van der Waals surface area (Å²) in [5.74, 6) is 2.26. The summed E-state index contributed by atoms with van der Waals surface area (Å²) >= 11 is 1.58. The Balaban J connectivity index is 1.16. The molecule has 13 heteroatoms. The number of methoxy groups -OCH3 is 1. The summed E-state index contributed by atoms with van der Waals surface area (Å²) in [5, 5.41) is 8.10. The van der Waals surface area contributed by atoms with Crippen LogP contribution in [0.2, 0.25) is 0 Å². The molecule has 1 fully saturated rings. The Morgan fingerprint density at radius 3 is 2.43 bits per heavy atom. The largest absolute Gasteiger partial charge is 0.573 e. The van der Waals surface area contributed by atoms with Gasteiger partial charge in [0.05, 0.1) is 12.8 Å². The Morgan fingerprint density at radius 1 is 1.06 bits per heavy atom. The summed E-state index contributed by atoms with van der Waals surface area (Å²) in [6.07, 6.45) is -2.52. The fraction of sp³-hybridized carbons (Fsp3) is 0.353. The summed E-state index contributed by atoms with van der Waals surface area (Å²) in [6.45, 7) is 8.98. The summed E-state index contributed by atoms with van der Waals surface area (Å²) in [6, 6.07) is 19.1. The van der Waals surface area contributed by atoms with Crippen LogP contribution in [-0.4, -0.2) is 57.8 Å². The number of hydrogen-bond acceptors (Lipinski definition) is 6. The van der Waals surface area contributed by atoms with Crippen molar-refractivity contribution in [3.8, 4) is 28.6 Å². The number of amidine groups is 1. The maximum absolute atomic E-state index is 12.9. The first-order valence-corrected chi connectivity index (χ1v) is 16.2. The van der Waals surface area contributed by atoms with Crippen LogP contribution in [0.1, 0.15) is 57.1 Å². The highest BCUT2D eigenvalue weighted by molar-refractivity contribution is 8.14. The monoisotopic (exact) mass is 666 g/mol. The van der Waals surface area contributed by atoms with E-state index in [1.54, 1.807) is 18.9 Å². The predicted octanol–water partition coefficient (Wildman–Crippen LogP) is 8.17. The van der Waals surface area contributed by atoms with Gasteiger partial charge in [-0.2, -0.15) is 4.99 Å². The van der Waals surface area contributed by atoms with E-state index in [0.29, 0.717) is 23.2 Å². The number of ether oxygens (including phenoxy) is 2. The molecule has 4 aromatic rings. The van der Waals surface area contributed by atoms with Crippen LogP contribution >= 0.6 is 11.8 Å². The maximum Gasteiger partial charge on any atom is 0.573 e. The number of alkyl halides is 3. The van der Waals surface area contributed by atoms with Gasteiger partial charge in [0.2, 0.25) is 0 Å².